The minimum atomic E-state index is 0.747. The predicted octanol–water partition coefficient (Wildman–Crippen LogP) is 4.63. The van der Waals surface area contributed by atoms with E-state index in [2.05, 4.69) is 46.7 Å². The number of benzene rings is 2. The molecule has 0 radical (unpaired) electrons. The molecule has 0 aliphatic heterocycles. The molecule has 0 atom stereocenters. The topological polar surface area (TPSA) is 38.9 Å². The quantitative estimate of drug-likeness (QED) is 0.657. The van der Waals surface area contributed by atoms with Gasteiger partial charge in [0.1, 0.15) is 11.4 Å². The first-order valence-electron chi connectivity index (χ1n) is 7.12. The summed E-state index contributed by atoms with van der Waals surface area (Å²) in [6.07, 6.45) is 6.15. The van der Waals surface area contributed by atoms with Crippen LogP contribution in [0.1, 0.15) is 22.5 Å². The molecule has 0 N–H and O–H groups in total. The molecular formula is C19H16N2O. The van der Waals surface area contributed by atoms with E-state index in [0.717, 1.165) is 28.1 Å². The number of hydrogen-bond acceptors (Lipinski definition) is 3. The maximum atomic E-state index is 4.78. The number of hydrogen-bond donors (Lipinski definition) is 0. The van der Waals surface area contributed by atoms with Gasteiger partial charge in [0.05, 0.1) is 0 Å². The second-order valence-corrected chi connectivity index (χ2v) is 4.94. The number of allylic oxidation sites excluding steroid dienone is 2. The second kappa shape index (κ2) is 6.68. The first-order valence-corrected chi connectivity index (χ1v) is 7.12. The minimum Gasteiger partial charge on any atom is -0.244 e. The Morgan fingerprint density at radius 3 is 2.23 bits per heavy atom. The Morgan fingerprint density at radius 2 is 1.59 bits per heavy atom. The summed E-state index contributed by atoms with van der Waals surface area (Å²) in [4.78, 5) is 0. The molecule has 0 spiro atoms. The molecule has 0 aliphatic carbocycles. The third-order valence-electron chi connectivity index (χ3n) is 3.34. The highest BCUT2D eigenvalue weighted by Gasteiger charge is 2.04. The van der Waals surface area contributed by atoms with Crippen LogP contribution in [0.3, 0.4) is 0 Å². The van der Waals surface area contributed by atoms with E-state index in [0.29, 0.717) is 0 Å². The van der Waals surface area contributed by atoms with Crippen molar-refractivity contribution in [3.63, 3.8) is 0 Å². The lowest BCUT2D eigenvalue weighted by Crippen LogP contribution is -1.83. The average Bonchev–Trinajstić information content (AvgIpc) is 2.98. The van der Waals surface area contributed by atoms with Crippen molar-refractivity contribution in [2.45, 2.75) is 6.92 Å². The largest absolute Gasteiger partial charge is 0.244 e. The van der Waals surface area contributed by atoms with Crippen LogP contribution in [0.15, 0.2) is 71.4 Å². The van der Waals surface area contributed by atoms with Gasteiger partial charge in [-0.25, -0.2) is 4.63 Å². The Bertz CT molecular complexity index is 787. The molecule has 1 heterocycles. The molecular weight excluding hydrogens is 272 g/mol. The van der Waals surface area contributed by atoms with Gasteiger partial charge in [0, 0.05) is 0 Å². The summed E-state index contributed by atoms with van der Waals surface area (Å²) in [7, 11) is 0. The van der Waals surface area contributed by atoms with Crippen molar-refractivity contribution < 1.29 is 4.63 Å². The van der Waals surface area contributed by atoms with Gasteiger partial charge in [0.15, 0.2) is 0 Å². The molecule has 3 nitrogen and oxygen atoms in total. The highest BCUT2D eigenvalue weighted by molar-refractivity contribution is 5.89. The van der Waals surface area contributed by atoms with Crippen molar-refractivity contribution in [2.24, 2.45) is 0 Å². The van der Waals surface area contributed by atoms with Crippen LogP contribution < -0.4 is 0 Å². The maximum Gasteiger partial charge on any atom is 0.131 e. The van der Waals surface area contributed by atoms with Crippen molar-refractivity contribution in [2.75, 3.05) is 0 Å². The highest BCUT2D eigenvalue weighted by atomic mass is 16.6. The van der Waals surface area contributed by atoms with Gasteiger partial charge in [-0.2, -0.15) is 0 Å². The van der Waals surface area contributed by atoms with Crippen LogP contribution in [0.25, 0.3) is 17.7 Å². The van der Waals surface area contributed by atoms with E-state index in [1.165, 1.54) is 0 Å². The molecule has 108 valence electrons. The van der Waals surface area contributed by atoms with Gasteiger partial charge in [0.2, 0.25) is 0 Å². The van der Waals surface area contributed by atoms with Crippen LogP contribution >= 0.6 is 0 Å². The standard InChI is InChI=1S/C19H16N2O/c1-15-19(21-22-20-15)14-18(17-10-6-3-7-11-17)13-12-16-8-4-2-5-9-16/h2-14H,1H3/b13-12+,18-14+. The molecule has 0 unspecified atom stereocenters. The van der Waals surface area contributed by atoms with E-state index in [9.17, 15) is 0 Å². The van der Waals surface area contributed by atoms with Crippen LogP contribution in [0.2, 0.25) is 0 Å². The van der Waals surface area contributed by atoms with Crippen molar-refractivity contribution in [1.82, 2.24) is 10.3 Å². The lowest BCUT2D eigenvalue weighted by atomic mass is 10.0. The molecule has 22 heavy (non-hydrogen) atoms. The van der Waals surface area contributed by atoms with Crippen LogP contribution in [0.4, 0.5) is 0 Å². The van der Waals surface area contributed by atoms with Crippen molar-refractivity contribution in [1.29, 1.82) is 0 Å². The maximum absolute atomic E-state index is 4.78. The van der Waals surface area contributed by atoms with Gasteiger partial charge < -0.3 is 0 Å². The Morgan fingerprint density at radius 1 is 0.909 bits per heavy atom. The third-order valence-corrected chi connectivity index (χ3v) is 3.34. The van der Waals surface area contributed by atoms with Gasteiger partial charge in [-0.3, -0.25) is 0 Å². The second-order valence-electron chi connectivity index (χ2n) is 4.94. The Balaban J connectivity index is 1.99. The molecule has 3 heteroatoms. The Kier molecular flexibility index (Phi) is 4.25. The summed E-state index contributed by atoms with van der Waals surface area (Å²) in [6, 6.07) is 20.4. The third kappa shape index (κ3) is 3.38. The molecule has 0 amide bonds. The van der Waals surface area contributed by atoms with Crippen LogP contribution in [0.5, 0.6) is 0 Å². The predicted molar refractivity (Wildman–Crippen MR) is 88.8 cm³/mol. The van der Waals surface area contributed by atoms with E-state index in [1.54, 1.807) is 0 Å². The fraction of sp³-hybridized carbons (Fsp3) is 0.0526. The highest BCUT2D eigenvalue weighted by Crippen LogP contribution is 2.21. The first kappa shape index (κ1) is 14.0. The molecule has 3 aromatic rings. The lowest BCUT2D eigenvalue weighted by Gasteiger charge is -2.02. The van der Waals surface area contributed by atoms with E-state index in [4.69, 9.17) is 4.63 Å². The summed E-state index contributed by atoms with van der Waals surface area (Å²) in [6.45, 7) is 1.88. The molecule has 0 bridgehead atoms. The molecule has 1 aromatic heterocycles. The van der Waals surface area contributed by atoms with E-state index < -0.39 is 0 Å². The van der Waals surface area contributed by atoms with E-state index >= 15 is 0 Å². The zero-order valence-electron chi connectivity index (χ0n) is 12.3. The van der Waals surface area contributed by atoms with Crippen LogP contribution in [0, 0.1) is 6.92 Å². The van der Waals surface area contributed by atoms with Crippen LogP contribution in [-0.4, -0.2) is 10.3 Å². The van der Waals surface area contributed by atoms with Crippen molar-refractivity contribution >= 4 is 17.7 Å². The van der Waals surface area contributed by atoms with Gasteiger partial charge in [-0.15, -0.1) is 0 Å². The SMILES string of the molecule is Cc1nonc1/C=C(\C=C\c1ccccc1)c1ccccc1. The smallest absolute Gasteiger partial charge is 0.131 e. The fourth-order valence-electron chi connectivity index (χ4n) is 2.12. The number of aryl methyl sites for hydroxylation is 1. The fourth-order valence-corrected chi connectivity index (χ4v) is 2.12. The van der Waals surface area contributed by atoms with Gasteiger partial charge in [0.25, 0.3) is 0 Å². The van der Waals surface area contributed by atoms with Gasteiger partial charge in [-0.05, 0) is 29.7 Å². The molecule has 3 rings (SSSR count). The Hall–Kier alpha value is -2.94. The van der Waals surface area contributed by atoms with Crippen molar-refractivity contribution in [3.8, 4) is 0 Å². The molecule has 0 saturated heterocycles. The molecule has 0 fully saturated rings. The molecule has 2 aromatic carbocycles. The van der Waals surface area contributed by atoms with Gasteiger partial charge >= 0.3 is 0 Å². The molecule has 0 saturated carbocycles. The van der Waals surface area contributed by atoms with Crippen LogP contribution in [-0.2, 0) is 0 Å². The summed E-state index contributed by atoms with van der Waals surface area (Å²) < 4.78 is 4.78. The normalized spacial score (nSPS) is 12.0. The zero-order chi connectivity index (χ0) is 15.2. The number of rotatable bonds is 4. The Labute approximate surface area is 129 Å². The summed E-state index contributed by atoms with van der Waals surface area (Å²) >= 11 is 0. The first-order chi connectivity index (χ1) is 10.8. The van der Waals surface area contributed by atoms with E-state index in [1.807, 2.05) is 49.4 Å². The van der Waals surface area contributed by atoms with E-state index in [-0.39, 0.29) is 0 Å². The summed E-state index contributed by atoms with van der Waals surface area (Å²) in [5.74, 6) is 0. The average molecular weight is 288 g/mol. The summed E-state index contributed by atoms with van der Waals surface area (Å²) in [5, 5.41) is 7.77. The van der Waals surface area contributed by atoms with Gasteiger partial charge in [-0.1, -0.05) is 83.1 Å². The number of aromatic nitrogens is 2. The number of nitrogens with zero attached hydrogens (tertiary/aromatic N) is 2. The zero-order valence-corrected chi connectivity index (χ0v) is 12.3. The summed E-state index contributed by atoms with van der Waals surface area (Å²) in [5.41, 5.74) is 4.86. The molecule has 0 aliphatic rings. The van der Waals surface area contributed by atoms with Crippen molar-refractivity contribution in [3.05, 3.63) is 89.3 Å². The monoisotopic (exact) mass is 288 g/mol. The lowest BCUT2D eigenvalue weighted by molar-refractivity contribution is 0.304. The minimum absolute atomic E-state index is 0.747.